The van der Waals surface area contributed by atoms with E-state index in [0.29, 0.717) is 29.2 Å². The Bertz CT molecular complexity index is 1480. The molecule has 2 aliphatic rings. The van der Waals surface area contributed by atoms with Gasteiger partial charge in [-0.15, -0.1) is 0 Å². The first kappa shape index (κ1) is 27.3. The Morgan fingerprint density at radius 3 is 2.62 bits per heavy atom. The number of aromatic nitrogens is 1. The van der Waals surface area contributed by atoms with E-state index in [4.69, 9.17) is 23.2 Å². The van der Waals surface area contributed by atoms with Crippen LogP contribution in [0.4, 0.5) is 14.5 Å². The van der Waals surface area contributed by atoms with Crippen molar-refractivity contribution in [1.82, 2.24) is 9.88 Å². The molecule has 2 aromatic carbocycles. The normalized spacial score (nSPS) is 20.2. The summed E-state index contributed by atoms with van der Waals surface area (Å²) in [4.78, 5) is 32.7. The van der Waals surface area contributed by atoms with Crippen LogP contribution in [-0.2, 0) is 9.59 Å². The van der Waals surface area contributed by atoms with Crippen LogP contribution in [0.15, 0.2) is 54.7 Å². The summed E-state index contributed by atoms with van der Waals surface area (Å²) in [5.41, 5.74) is 2.96. The lowest BCUT2D eigenvalue weighted by Gasteiger charge is -2.34. The van der Waals surface area contributed by atoms with Crippen LogP contribution in [0.3, 0.4) is 0 Å². The van der Waals surface area contributed by atoms with Gasteiger partial charge in [0.2, 0.25) is 11.8 Å². The molecule has 202 valence electrons. The van der Waals surface area contributed by atoms with Gasteiger partial charge in [0.25, 0.3) is 0 Å². The van der Waals surface area contributed by atoms with E-state index < -0.39 is 11.6 Å². The molecule has 1 aromatic heterocycles. The fourth-order valence-corrected chi connectivity index (χ4v) is 5.62. The Hall–Kier alpha value is -3.29. The summed E-state index contributed by atoms with van der Waals surface area (Å²) in [5, 5.41) is 3.34. The maximum Gasteiger partial charge on any atom is 0.247 e. The monoisotopic (exact) mass is 569 g/mol. The molecule has 0 saturated heterocycles. The van der Waals surface area contributed by atoms with E-state index in [0.717, 1.165) is 36.1 Å². The number of pyridine rings is 1. The molecule has 5 rings (SSSR count). The largest absolute Gasteiger partial charge is 0.330 e. The van der Waals surface area contributed by atoms with Gasteiger partial charge >= 0.3 is 0 Å². The number of fused-ring (bicyclic) bond motifs is 4. The minimum Gasteiger partial charge on any atom is -0.330 e. The van der Waals surface area contributed by atoms with Gasteiger partial charge in [-0.05, 0) is 66.8 Å². The fraction of sp³-hybridized carbons (Fsp3) is 0.300. The molecule has 3 heterocycles. The van der Waals surface area contributed by atoms with Crippen LogP contribution in [0, 0.1) is 17.6 Å². The van der Waals surface area contributed by atoms with Gasteiger partial charge in [-0.2, -0.15) is 0 Å². The zero-order valence-corrected chi connectivity index (χ0v) is 22.8. The van der Waals surface area contributed by atoms with E-state index in [9.17, 15) is 18.4 Å². The van der Waals surface area contributed by atoms with Gasteiger partial charge in [-0.25, -0.2) is 8.78 Å². The smallest absolute Gasteiger partial charge is 0.247 e. The first-order valence-electron chi connectivity index (χ1n) is 12.9. The molecule has 9 heteroatoms. The minimum atomic E-state index is -0.864. The van der Waals surface area contributed by atoms with Crippen molar-refractivity contribution in [3.8, 4) is 11.1 Å². The van der Waals surface area contributed by atoms with Crippen molar-refractivity contribution in [2.75, 3.05) is 11.9 Å². The SMILES string of the molecule is C[C@@H]1CCCC[C@H](N2CCC(c3c(F)ccc(Cl)c3F)=CC2=O)c2cc(ccn2)-c2ccc(Cl)cc2NC1=O. The minimum absolute atomic E-state index is 0.0760. The van der Waals surface area contributed by atoms with Gasteiger partial charge in [0, 0.05) is 35.3 Å². The van der Waals surface area contributed by atoms with Crippen molar-refractivity contribution >= 4 is 46.3 Å². The molecular formula is C30H27Cl2F2N3O2. The second-order valence-electron chi connectivity index (χ2n) is 10.0. The molecule has 2 amide bonds. The Labute approximate surface area is 235 Å². The molecule has 2 atom stereocenters. The van der Waals surface area contributed by atoms with Gasteiger partial charge in [0.15, 0.2) is 5.82 Å². The van der Waals surface area contributed by atoms with Crippen LogP contribution < -0.4 is 5.32 Å². The molecule has 0 unspecified atom stereocenters. The van der Waals surface area contributed by atoms with Crippen LogP contribution >= 0.6 is 23.2 Å². The number of halogens is 4. The topological polar surface area (TPSA) is 62.3 Å². The number of carbonyl (C=O) groups is 2. The summed E-state index contributed by atoms with van der Waals surface area (Å²) in [6, 6.07) is 11.0. The van der Waals surface area contributed by atoms with E-state index in [-0.39, 0.29) is 52.9 Å². The zero-order valence-electron chi connectivity index (χ0n) is 21.3. The van der Waals surface area contributed by atoms with Crippen LogP contribution in [0.1, 0.15) is 56.3 Å². The summed E-state index contributed by atoms with van der Waals surface area (Å²) >= 11 is 12.1. The second kappa shape index (κ2) is 11.4. The molecule has 0 spiro atoms. The molecule has 5 nitrogen and oxygen atoms in total. The van der Waals surface area contributed by atoms with Crippen LogP contribution in [0.2, 0.25) is 10.0 Å². The second-order valence-corrected chi connectivity index (χ2v) is 10.9. The molecule has 1 N–H and O–H groups in total. The average Bonchev–Trinajstić information content (AvgIpc) is 2.91. The summed E-state index contributed by atoms with van der Waals surface area (Å²) in [5.74, 6) is -2.24. The Kier molecular flexibility index (Phi) is 8.01. The van der Waals surface area contributed by atoms with E-state index in [1.807, 2.05) is 25.1 Å². The highest BCUT2D eigenvalue weighted by Crippen LogP contribution is 2.37. The number of rotatable bonds is 2. The van der Waals surface area contributed by atoms with Gasteiger partial charge < -0.3 is 10.2 Å². The highest BCUT2D eigenvalue weighted by Gasteiger charge is 2.31. The third-order valence-corrected chi connectivity index (χ3v) is 7.96. The number of nitrogens with zero attached hydrogens (tertiary/aromatic N) is 2. The van der Waals surface area contributed by atoms with Crippen LogP contribution in [0.25, 0.3) is 16.7 Å². The molecule has 0 fully saturated rings. The summed E-state index contributed by atoms with van der Waals surface area (Å²) in [7, 11) is 0. The van der Waals surface area contributed by atoms with E-state index in [1.165, 1.54) is 6.08 Å². The molecule has 0 saturated carbocycles. The van der Waals surface area contributed by atoms with Crippen LogP contribution in [0.5, 0.6) is 0 Å². The van der Waals surface area contributed by atoms with E-state index in [2.05, 4.69) is 10.3 Å². The lowest BCUT2D eigenvalue weighted by molar-refractivity contribution is -0.129. The van der Waals surface area contributed by atoms with Crippen molar-refractivity contribution in [1.29, 1.82) is 0 Å². The lowest BCUT2D eigenvalue weighted by Crippen LogP contribution is -2.38. The summed E-state index contributed by atoms with van der Waals surface area (Å²) < 4.78 is 29.2. The molecule has 0 aliphatic carbocycles. The Morgan fingerprint density at radius 2 is 1.82 bits per heavy atom. The number of hydrogen-bond acceptors (Lipinski definition) is 3. The maximum absolute atomic E-state index is 14.7. The predicted molar refractivity (Wildman–Crippen MR) is 149 cm³/mol. The fourth-order valence-electron chi connectivity index (χ4n) is 5.29. The molecular weight excluding hydrogens is 543 g/mol. The number of nitrogens with one attached hydrogen (secondary N) is 1. The van der Waals surface area contributed by atoms with E-state index >= 15 is 0 Å². The predicted octanol–water partition coefficient (Wildman–Crippen LogP) is 7.84. The van der Waals surface area contributed by atoms with Gasteiger partial charge in [0.1, 0.15) is 5.82 Å². The molecule has 2 bridgehead atoms. The molecule has 39 heavy (non-hydrogen) atoms. The van der Waals surface area contributed by atoms with Crippen molar-refractivity contribution in [3.63, 3.8) is 0 Å². The maximum atomic E-state index is 14.7. The Balaban J connectivity index is 1.52. The van der Waals surface area contributed by atoms with Crippen molar-refractivity contribution in [2.45, 2.75) is 45.1 Å². The number of carbonyl (C=O) groups excluding carboxylic acids is 2. The zero-order chi connectivity index (χ0) is 27.7. The first-order chi connectivity index (χ1) is 18.7. The molecule has 0 radical (unpaired) electrons. The standard InChI is InChI=1S/C30H27Cl2F2N3O2/c1-17-4-2-3-5-26(37-13-11-19(15-27(37)38)28-23(33)9-8-22(32)29(28)34)25-14-18(10-12-35-25)21-7-6-20(31)16-24(21)36-30(17)39/h6-10,12,14-17,26H,2-5,11,13H2,1H3,(H,36,39)/t17-,26+/m1/s1. The third-order valence-electron chi connectivity index (χ3n) is 7.43. The van der Waals surface area contributed by atoms with Gasteiger partial charge in [-0.3, -0.25) is 14.6 Å². The van der Waals surface area contributed by atoms with Crippen LogP contribution in [-0.4, -0.2) is 28.2 Å². The van der Waals surface area contributed by atoms with E-state index in [1.54, 1.807) is 23.2 Å². The number of anilines is 1. The quantitative estimate of drug-likeness (QED) is 0.320. The summed E-state index contributed by atoms with van der Waals surface area (Å²) in [6.07, 6.45) is 6.13. The lowest BCUT2D eigenvalue weighted by atomic mass is 9.94. The molecule has 2 aliphatic heterocycles. The van der Waals surface area contributed by atoms with Gasteiger partial charge in [0.05, 0.1) is 28.0 Å². The highest BCUT2D eigenvalue weighted by molar-refractivity contribution is 6.31. The van der Waals surface area contributed by atoms with Crippen molar-refractivity contribution in [3.05, 3.63) is 87.7 Å². The first-order valence-corrected chi connectivity index (χ1v) is 13.7. The number of benzene rings is 2. The molecule has 3 aromatic rings. The summed E-state index contributed by atoms with van der Waals surface area (Å²) in [6.45, 7) is 2.17. The number of hydrogen-bond donors (Lipinski definition) is 1. The van der Waals surface area contributed by atoms with Crippen molar-refractivity contribution in [2.24, 2.45) is 5.92 Å². The number of amides is 2. The van der Waals surface area contributed by atoms with Crippen molar-refractivity contribution < 1.29 is 18.4 Å². The Morgan fingerprint density at radius 1 is 1.03 bits per heavy atom. The highest BCUT2D eigenvalue weighted by atomic mass is 35.5. The van der Waals surface area contributed by atoms with Gasteiger partial charge in [-0.1, -0.05) is 49.0 Å². The third kappa shape index (κ3) is 5.70. The average molecular weight is 570 g/mol.